The van der Waals surface area contributed by atoms with Gasteiger partial charge < -0.3 is 4.74 Å². The predicted molar refractivity (Wildman–Crippen MR) is 86.5 cm³/mol. The molecule has 114 valence electrons. The van der Waals surface area contributed by atoms with Crippen LogP contribution in [0.4, 0.5) is 0 Å². The highest BCUT2D eigenvalue weighted by Crippen LogP contribution is 2.59. The molecule has 3 aliphatic rings. The van der Waals surface area contributed by atoms with Crippen LogP contribution in [0.15, 0.2) is 47.7 Å². The fraction of sp³-hybridized carbons (Fsp3) is 0.450. The maximum atomic E-state index is 12.3. The first-order chi connectivity index (χ1) is 10.4. The van der Waals surface area contributed by atoms with Gasteiger partial charge in [0, 0.05) is 25.2 Å². The van der Waals surface area contributed by atoms with Crippen LogP contribution in [0.2, 0.25) is 0 Å². The van der Waals surface area contributed by atoms with Gasteiger partial charge in [-0.25, -0.2) is 0 Å². The number of allylic oxidation sites excluding steroid dienone is 3. The second-order valence-electron chi connectivity index (χ2n) is 7.84. The number of ketones is 1. The van der Waals surface area contributed by atoms with Gasteiger partial charge in [-0.3, -0.25) is 4.79 Å². The molecule has 0 N–H and O–H groups in total. The molecule has 2 aliphatic carbocycles. The molecule has 0 amide bonds. The number of aryl methyl sites for hydroxylation is 1. The first-order valence-corrected chi connectivity index (χ1v) is 8.10. The van der Waals surface area contributed by atoms with Crippen LogP contribution < -0.4 is 0 Å². The Balaban J connectivity index is 1.60. The molecule has 0 radical (unpaired) electrons. The molecule has 1 spiro atoms. The number of hydrogen-bond donors (Lipinski definition) is 0. The third kappa shape index (κ3) is 2.13. The Labute approximate surface area is 131 Å². The summed E-state index contributed by atoms with van der Waals surface area (Å²) in [4.78, 5) is 12.3. The third-order valence-electron chi connectivity index (χ3n) is 5.16. The van der Waals surface area contributed by atoms with Crippen LogP contribution >= 0.6 is 0 Å². The SMILES string of the molecule is Cc1ccc([C@@H]2C[C@]23C=CC2=C(CC(C)(C)CC2=O)O3)cc1. The van der Waals surface area contributed by atoms with Crippen molar-refractivity contribution in [1.82, 2.24) is 0 Å². The normalized spacial score (nSPS) is 32.0. The van der Waals surface area contributed by atoms with E-state index >= 15 is 0 Å². The van der Waals surface area contributed by atoms with Crippen LogP contribution in [-0.2, 0) is 9.53 Å². The van der Waals surface area contributed by atoms with E-state index in [1.54, 1.807) is 0 Å². The number of carbonyl (C=O) groups excluding carboxylic acids is 1. The van der Waals surface area contributed by atoms with E-state index in [0.29, 0.717) is 12.3 Å². The van der Waals surface area contributed by atoms with Crippen molar-refractivity contribution in [1.29, 1.82) is 0 Å². The zero-order chi connectivity index (χ0) is 15.5. The number of carbonyl (C=O) groups is 1. The lowest BCUT2D eigenvalue weighted by molar-refractivity contribution is -0.118. The largest absolute Gasteiger partial charge is 0.486 e. The highest BCUT2D eigenvalue weighted by molar-refractivity contribution is 6.00. The van der Waals surface area contributed by atoms with Crippen LogP contribution in [0, 0.1) is 12.3 Å². The summed E-state index contributed by atoms with van der Waals surface area (Å²) in [7, 11) is 0. The minimum absolute atomic E-state index is 0.0104. The summed E-state index contributed by atoms with van der Waals surface area (Å²) in [5.74, 6) is 1.56. The first-order valence-electron chi connectivity index (χ1n) is 8.10. The van der Waals surface area contributed by atoms with Crippen molar-refractivity contribution in [3.8, 4) is 0 Å². The zero-order valence-corrected chi connectivity index (χ0v) is 13.5. The van der Waals surface area contributed by atoms with E-state index in [-0.39, 0.29) is 16.8 Å². The molecular weight excluding hydrogens is 272 g/mol. The summed E-state index contributed by atoms with van der Waals surface area (Å²) in [6.07, 6.45) is 6.63. The number of Topliss-reactive ketones (excluding diaryl/α,β-unsaturated/α-hetero) is 1. The molecule has 4 rings (SSSR count). The minimum Gasteiger partial charge on any atom is -0.486 e. The van der Waals surface area contributed by atoms with Gasteiger partial charge in [-0.1, -0.05) is 43.7 Å². The standard InChI is InChI=1S/C20H22O2/c1-13-4-6-14(7-5-13)16-10-20(16)9-8-15-17(21)11-19(2,3)12-18(15)22-20/h4-9,16H,10-12H2,1-3H3/t16-,20+/m0/s1. The van der Waals surface area contributed by atoms with Gasteiger partial charge in [-0.15, -0.1) is 0 Å². The molecule has 22 heavy (non-hydrogen) atoms. The van der Waals surface area contributed by atoms with E-state index in [9.17, 15) is 4.79 Å². The Bertz CT molecular complexity index is 706. The van der Waals surface area contributed by atoms with Crippen LogP contribution in [0.5, 0.6) is 0 Å². The summed E-state index contributed by atoms with van der Waals surface area (Å²) in [5, 5.41) is 0. The zero-order valence-electron chi connectivity index (χ0n) is 13.5. The Kier molecular flexibility index (Phi) is 2.73. The molecule has 0 aromatic heterocycles. The molecule has 0 bridgehead atoms. The van der Waals surface area contributed by atoms with E-state index in [4.69, 9.17) is 4.74 Å². The van der Waals surface area contributed by atoms with Gasteiger partial charge in [-0.2, -0.15) is 0 Å². The minimum atomic E-state index is -0.207. The van der Waals surface area contributed by atoms with Crippen molar-refractivity contribution in [3.05, 3.63) is 58.9 Å². The number of hydrogen-bond acceptors (Lipinski definition) is 2. The van der Waals surface area contributed by atoms with Crippen LogP contribution in [0.1, 0.15) is 50.2 Å². The topological polar surface area (TPSA) is 26.3 Å². The van der Waals surface area contributed by atoms with Crippen molar-refractivity contribution in [3.63, 3.8) is 0 Å². The van der Waals surface area contributed by atoms with Gasteiger partial charge in [0.15, 0.2) is 5.78 Å². The predicted octanol–water partition coefficient (Wildman–Crippen LogP) is 4.45. The molecule has 1 aromatic carbocycles. The van der Waals surface area contributed by atoms with Crippen molar-refractivity contribution >= 4 is 5.78 Å². The van der Waals surface area contributed by atoms with Crippen LogP contribution in [0.25, 0.3) is 0 Å². The molecule has 1 aliphatic heterocycles. The Morgan fingerprint density at radius 2 is 1.86 bits per heavy atom. The lowest BCUT2D eigenvalue weighted by Gasteiger charge is -2.35. The van der Waals surface area contributed by atoms with Crippen LogP contribution in [-0.4, -0.2) is 11.4 Å². The molecule has 2 heteroatoms. The van der Waals surface area contributed by atoms with Gasteiger partial charge in [0.1, 0.15) is 11.4 Å². The lowest BCUT2D eigenvalue weighted by atomic mass is 9.76. The molecular formula is C20H22O2. The maximum Gasteiger partial charge on any atom is 0.166 e. The fourth-order valence-corrected chi connectivity index (χ4v) is 3.80. The monoisotopic (exact) mass is 294 g/mol. The molecule has 1 aromatic rings. The van der Waals surface area contributed by atoms with E-state index in [2.05, 4.69) is 51.1 Å². The average Bonchev–Trinajstić information content (AvgIpc) is 3.11. The first kappa shape index (κ1) is 13.8. The van der Waals surface area contributed by atoms with Crippen molar-refractivity contribution < 1.29 is 9.53 Å². The Morgan fingerprint density at radius 1 is 1.14 bits per heavy atom. The highest BCUT2D eigenvalue weighted by atomic mass is 16.5. The van der Waals surface area contributed by atoms with Gasteiger partial charge >= 0.3 is 0 Å². The molecule has 1 heterocycles. The molecule has 1 saturated carbocycles. The Morgan fingerprint density at radius 3 is 2.59 bits per heavy atom. The second-order valence-corrected chi connectivity index (χ2v) is 7.84. The van der Waals surface area contributed by atoms with E-state index < -0.39 is 0 Å². The van der Waals surface area contributed by atoms with E-state index in [1.165, 1.54) is 11.1 Å². The highest BCUT2D eigenvalue weighted by Gasteiger charge is 2.58. The van der Waals surface area contributed by atoms with Crippen molar-refractivity contribution in [2.24, 2.45) is 5.41 Å². The quantitative estimate of drug-likeness (QED) is 0.765. The molecule has 0 unspecified atom stereocenters. The van der Waals surface area contributed by atoms with Crippen molar-refractivity contribution in [2.75, 3.05) is 0 Å². The van der Waals surface area contributed by atoms with Gasteiger partial charge in [0.25, 0.3) is 0 Å². The average molecular weight is 294 g/mol. The third-order valence-corrected chi connectivity index (χ3v) is 5.16. The van der Waals surface area contributed by atoms with E-state index in [1.807, 2.05) is 6.08 Å². The molecule has 2 nitrogen and oxygen atoms in total. The van der Waals surface area contributed by atoms with Gasteiger partial charge in [0.05, 0.1) is 5.57 Å². The summed E-state index contributed by atoms with van der Waals surface area (Å²) < 4.78 is 6.36. The maximum absolute atomic E-state index is 12.3. The number of rotatable bonds is 1. The fourth-order valence-electron chi connectivity index (χ4n) is 3.80. The Hall–Kier alpha value is -1.83. The number of benzene rings is 1. The summed E-state index contributed by atoms with van der Waals surface area (Å²) in [6, 6.07) is 8.72. The number of ether oxygens (including phenoxy) is 1. The smallest absolute Gasteiger partial charge is 0.166 e. The van der Waals surface area contributed by atoms with Gasteiger partial charge in [-0.05, 0) is 30.1 Å². The second kappa shape index (κ2) is 4.34. The molecule has 0 saturated heterocycles. The summed E-state index contributed by atoms with van der Waals surface area (Å²) in [6.45, 7) is 6.40. The van der Waals surface area contributed by atoms with Crippen molar-refractivity contribution in [2.45, 2.75) is 51.6 Å². The van der Waals surface area contributed by atoms with Crippen LogP contribution in [0.3, 0.4) is 0 Å². The molecule has 1 fully saturated rings. The summed E-state index contributed by atoms with van der Waals surface area (Å²) in [5.41, 5.74) is 3.22. The van der Waals surface area contributed by atoms with E-state index in [0.717, 1.165) is 24.2 Å². The van der Waals surface area contributed by atoms with Gasteiger partial charge in [0.2, 0.25) is 0 Å². The molecule has 2 atom stereocenters. The summed E-state index contributed by atoms with van der Waals surface area (Å²) >= 11 is 0. The lowest BCUT2D eigenvalue weighted by Crippen LogP contribution is -2.30.